The Labute approximate surface area is 109 Å². The number of carboxylic acid groups (broad SMARTS) is 1. The predicted octanol–water partition coefficient (Wildman–Crippen LogP) is 2.53. The van der Waals surface area contributed by atoms with Gasteiger partial charge in [-0.3, -0.25) is 9.59 Å². The summed E-state index contributed by atoms with van der Waals surface area (Å²) in [5.74, 6) is 0.600. The summed E-state index contributed by atoms with van der Waals surface area (Å²) in [6.07, 6.45) is 4.53. The number of carbonyl (C=O) groups excluding carboxylic acids is 1. The van der Waals surface area contributed by atoms with Crippen LogP contribution in [0.4, 0.5) is 0 Å². The van der Waals surface area contributed by atoms with Crippen LogP contribution in [0.3, 0.4) is 0 Å². The average Bonchev–Trinajstić information content (AvgIpc) is 2.34. The highest BCUT2D eigenvalue weighted by atomic mass is 16.4. The highest BCUT2D eigenvalue weighted by Crippen LogP contribution is 2.22. The molecular weight excluding hydrogens is 230 g/mol. The van der Waals surface area contributed by atoms with Crippen molar-refractivity contribution in [2.24, 2.45) is 11.8 Å². The highest BCUT2D eigenvalue weighted by Gasteiger charge is 2.22. The Hall–Kier alpha value is -1.06. The van der Waals surface area contributed by atoms with Crippen LogP contribution >= 0.6 is 0 Å². The van der Waals surface area contributed by atoms with Crippen LogP contribution < -0.4 is 0 Å². The summed E-state index contributed by atoms with van der Waals surface area (Å²) in [6.45, 7) is 5.87. The molecule has 1 amide bonds. The molecule has 0 unspecified atom stereocenters. The molecule has 1 aliphatic rings. The topological polar surface area (TPSA) is 57.6 Å². The number of carbonyl (C=O) groups is 2. The van der Waals surface area contributed by atoms with Crippen molar-refractivity contribution in [1.29, 1.82) is 0 Å². The predicted molar refractivity (Wildman–Crippen MR) is 70.2 cm³/mol. The van der Waals surface area contributed by atoms with Gasteiger partial charge in [-0.1, -0.05) is 13.8 Å². The van der Waals surface area contributed by atoms with Gasteiger partial charge in [-0.25, -0.2) is 0 Å². The van der Waals surface area contributed by atoms with E-state index in [9.17, 15) is 9.59 Å². The summed E-state index contributed by atoms with van der Waals surface area (Å²) in [5, 5.41) is 8.64. The van der Waals surface area contributed by atoms with Crippen LogP contribution in [0.15, 0.2) is 0 Å². The first-order chi connectivity index (χ1) is 8.49. The molecule has 0 radical (unpaired) electrons. The van der Waals surface area contributed by atoms with Crippen molar-refractivity contribution in [3.05, 3.63) is 0 Å². The van der Waals surface area contributed by atoms with Gasteiger partial charge in [0.1, 0.15) is 0 Å². The standard InChI is InChI=1S/C14H25NO3/c1-11(2)3-5-13(16)15-9-7-12(8-10-15)4-6-14(17)18/h11-12H,3-10H2,1-2H3,(H,17,18). The number of rotatable bonds is 6. The van der Waals surface area contributed by atoms with E-state index in [0.717, 1.165) is 38.8 Å². The van der Waals surface area contributed by atoms with Crippen molar-refractivity contribution >= 4 is 11.9 Å². The van der Waals surface area contributed by atoms with Crippen LogP contribution in [0.1, 0.15) is 52.4 Å². The van der Waals surface area contributed by atoms with Gasteiger partial charge in [0.05, 0.1) is 0 Å². The molecule has 0 spiro atoms. The summed E-state index contributed by atoms with van der Waals surface area (Å²) in [5.41, 5.74) is 0. The third-order valence-corrected chi connectivity index (χ3v) is 3.67. The lowest BCUT2D eigenvalue weighted by molar-refractivity contribution is -0.138. The first kappa shape index (κ1) is 15.0. The molecular formula is C14H25NO3. The molecule has 1 N–H and O–H groups in total. The van der Waals surface area contributed by atoms with E-state index in [0.29, 0.717) is 18.3 Å². The van der Waals surface area contributed by atoms with Gasteiger partial charge in [-0.15, -0.1) is 0 Å². The lowest BCUT2D eigenvalue weighted by Gasteiger charge is -2.32. The number of nitrogens with zero attached hydrogens (tertiary/aromatic N) is 1. The van der Waals surface area contributed by atoms with Crippen molar-refractivity contribution in [2.75, 3.05) is 13.1 Å². The van der Waals surface area contributed by atoms with E-state index >= 15 is 0 Å². The molecule has 104 valence electrons. The van der Waals surface area contributed by atoms with Crippen LogP contribution in [0.5, 0.6) is 0 Å². The van der Waals surface area contributed by atoms with E-state index < -0.39 is 5.97 Å². The molecule has 0 saturated carbocycles. The molecule has 0 bridgehead atoms. The van der Waals surface area contributed by atoms with Crippen LogP contribution in [-0.2, 0) is 9.59 Å². The molecule has 1 aliphatic heterocycles. The van der Waals surface area contributed by atoms with E-state index in [4.69, 9.17) is 5.11 Å². The minimum atomic E-state index is -0.717. The van der Waals surface area contributed by atoms with E-state index in [1.807, 2.05) is 4.90 Å². The number of likely N-dealkylation sites (tertiary alicyclic amines) is 1. The number of hydrogen-bond acceptors (Lipinski definition) is 2. The van der Waals surface area contributed by atoms with Gasteiger partial charge in [0, 0.05) is 25.9 Å². The van der Waals surface area contributed by atoms with Gasteiger partial charge in [0.25, 0.3) is 0 Å². The second-order valence-corrected chi connectivity index (χ2v) is 5.69. The van der Waals surface area contributed by atoms with Gasteiger partial charge in [0.2, 0.25) is 5.91 Å². The average molecular weight is 255 g/mol. The Balaban J connectivity index is 2.22. The number of piperidine rings is 1. The summed E-state index contributed by atoms with van der Waals surface area (Å²) in [4.78, 5) is 24.4. The van der Waals surface area contributed by atoms with Gasteiger partial charge in [-0.2, -0.15) is 0 Å². The molecule has 0 aromatic heterocycles. The van der Waals surface area contributed by atoms with Gasteiger partial charge >= 0.3 is 5.97 Å². The third-order valence-electron chi connectivity index (χ3n) is 3.67. The smallest absolute Gasteiger partial charge is 0.303 e. The van der Waals surface area contributed by atoms with E-state index in [2.05, 4.69) is 13.8 Å². The molecule has 18 heavy (non-hydrogen) atoms. The summed E-state index contributed by atoms with van der Waals surface area (Å²) < 4.78 is 0. The molecule has 0 aromatic carbocycles. The summed E-state index contributed by atoms with van der Waals surface area (Å²) in [6, 6.07) is 0. The van der Waals surface area contributed by atoms with Crippen LogP contribution in [0.2, 0.25) is 0 Å². The first-order valence-electron chi connectivity index (χ1n) is 6.98. The van der Waals surface area contributed by atoms with E-state index in [1.165, 1.54) is 0 Å². The largest absolute Gasteiger partial charge is 0.481 e. The maximum absolute atomic E-state index is 11.9. The lowest BCUT2D eigenvalue weighted by atomic mass is 9.92. The monoisotopic (exact) mass is 255 g/mol. The normalized spacial score (nSPS) is 17.2. The van der Waals surface area contributed by atoms with E-state index in [1.54, 1.807) is 0 Å². The minimum Gasteiger partial charge on any atom is -0.481 e. The van der Waals surface area contributed by atoms with Crippen molar-refractivity contribution < 1.29 is 14.7 Å². The molecule has 0 atom stereocenters. The van der Waals surface area contributed by atoms with Crippen molar-refractivity contribution in [3.8, 4) is 0 Å². The van der Waals surface area contributed by atoms with Crippen LogP contribution in [0, 0.1) is 11.8 Å². The van der Waals surface area contributed by atoms with Crippen molar-refractivity contribution in [2.45, 2.75) is 52.4 Å². The fourth-order valence-electron chi connectivity index (χ4n) is 2.37. The quantitative estimate of drug-likeness (QED) is 0.793. The molecule has 0 aliphatic carbocycles. The SMILES string of the molecule is CC(C)CCC(=O)N1CCC(CCC(=O)O)CC1. The summed E-state index contributed by atoms with van der Waals surface area (Å²) in [7, 11) is 0. The Morgan fingerprint density at radius 2 is 1.83 bits per heavy atom. The maximum atomic E-state index is 11.9. The molecule has 1 rings (SSSR count). The highest BCUT2D eigenvalue weighted by molar-refractivity contribution is 5.76. The Kier molecular flexibility index (Phi) is 6.16. The second kappa shape index (κ2) is 7.39. The molecule has 4 heteroatoms. The number of hydrogen-bond donors (Lipinski definition) is 1. The zero-order valence-corrected chi connectivity index (χ0v) is 11.5. The summed E-state index contributed by atoms with van der Waals surface area (Å²) >= 11 is 0. The second-order valence-electron chi connectivity index (χ2n) is 5.69. The first-order valence-corrected chi connectivity index (χ1v) is 6.98. The molecule has 1 fully saturated rings. The molecule has 1 saturated heterocycles. The molecule has 4 nitrogen and oxygen atoms in total. The molecule has 0 aromatic rings. The van der Waals surface area contributed by atoms with Gasteiger partial charge in [0.15, 0.2) is 0 Å². The molecule has 1 heterocycles. The Bertz CT molecular complexity index is 281. The fourth-order valence-corrected chi connectivity index (χ4v) is 2.37. The van der Waals surface area contributed by atoms with Crippen LogP contribution in [-0.4, -0.2) is 35.0 Å². The number of aliphatic carboxylic acids is 1. The number of amides is 1. The Morgan fingerprint density at radius 1 is 1.22 bits per heavy atom. The van der Waals surface area contributed by atoms with E-state index in [-0.39, 0.29) is 12.3 Å². The van der Waals surface area contributed by atoms with Gasteiger partial charge < -0.3 is 10.0 Å². The Morgan fingerprint density at radius 3 is 2.33 bits per heavy atom. The maximum Gasteiger partial charge on any atom is 0.303 e. The van der Waals surface area contributed by atoms with Crippen molar-refractivity contribution in [3.63, 3.8) is 0 Å². The lowest BCUT2D eigenvalue weighted by Crippen LogP contribution is -2.38. The van der Waals surface area contributed by atoms with Crippen LogP contribution in [0.25, 0.3) is 0 Å². The van der Waals surface area contributed by atoms with Crippen molar-refractivity contribution in [1.82, 2.24) is 4.90 Å². The van der Waals surface area contributed by atoms with Gasteiger partial charge in [-0.05, 0) is 37.5 Å². The number of carboxylic acids is 1. The minimum absolute atomic E-state index is 0.256. The zero-order valence-electron chi connectivity index (χ0n) is 11.5. The zero-order chi connectivity index (χ0) is 13.5. The third kappa shape index (κ3) is 5.52. The fraction of sp³-hybridized carbons (Fsp3) is 0.857.